The van der Waals surface area contributed by atoms with Gasteiger partial charge < -0.3 is 10.5 Å². The summed E-state index contributed by atoms with van der Waals surface area (Å²) in [6, 6.07) is 5.00. The van der Waals surface area contributed by atoms with Crippen LogP contribution in [0.4, 0.5) is 4.39 Å². The first kappa shape index (κ1) is 13.0. The van der Waals surface area contributed by atoms with Crippen LogP contribution in [0.2, 0.25) is 0 Å². The zero-order valence-electron chi connectivity index (χ0n) is 9.72. The summed E-state index contributed by atoms with van der Waals surface area (Å²) in [6.07, 6.45) is 2.87. The van der Waals surface area contributed by atoms with Crippen molar-refractivity contribution in [2.75, 3.05) is 19.8 Å². The molecule has 1 fully saturated rings. The fraction of sp³-hybridized carbons (Fsp3) is 0.538. The van der Waals surface area contributed by atoms with E-state index in [9.17, 15) is 4.39 Å². The van der Waals surface area contributed by atoms with Crippen LogP contribution in [-0.4, -0.2) is 19.8 Å². The maximum atomic E-state index is 13.3. The number of ether oxygens (including phenoxy) is 1. The minimum atomic E-state index is -0.210. The molecule has 1 aromatic rings. The maximum Gasteiger partial charge on any atom is 0.124 e. The van der Waals surface area contributed by atoms with Crippen molar-refractivity contribution in [3.63, 3.8) is 0 Å². The van der Waals surface area contributed by atoms with Gasteiger partial charge in [-0.2, -0.15) is 0 Å². The summed E-state index contributed by atoms with van der Waals surface area (Å²) in [5.74, 6) is -0.210. The molecule has 1 unspecified atom stereocenters. The topological polar surface area (TPSA) is 35.2 Å². The Morgan fingerprint density at radius 2 is 2.24 bits per heavy atom. The lowest BCUT2D eigenvalue weighted by atomic mass is 9.77. The molecule has 1 atom stereocenters. The lowest BCUT2D eigenvalue weighted by Gasteiger charge is -2.36. The molecule has 1 aromatic carbocycles. The van der Waals surface area contributed by atoms with Crippen LogP contribution < -0.4 is 5.73 Å². The molecule has 2 N–H and O–H groups in total. The zero-order chi connectivity index (χ0) is 12.3. The van der Waals surface area contributed by atoms with Gasteiger partial charge in [0.25, 0.3) is 0 Å². The van der Waals surface area contributed by atoms with Gasteiger partial charge in [0.2, 0.25) is 0 Å². The molecule has 0 amide bonds. The number of nitrogens with two attached hydrogens (primary N) is 1. The Bertz CT molecular complexity index is 371. The largest absolute Gasteiger partial charge is 0.381 e. The maximum absolute atomic E-state index is 13.3. The monoisotopic (exact) mass is 301 g/mol. The van der Waals surface area contributed by atoms with E-state index in [-0.39, 0.29) is 11.2 Å². The van der Waals surface area contributed by atoms with Crippen LogP contribution in [0, 0.1) is 11.2 Å². The van der Waals surface area contributed by atoms with Crippen molar-refractivity contribution < 1.29 is 9.13 Å². The fourth-order valence-electron chi connectivity index (χ4n) is 2.43. The third-order valence-electron chi connectivity index (χ3n) is 3.34. The average Bonchev–Trinajstić information content (AvgIpc) is 2.29. The Balaban J connectivity index is 2.17. The van der Waals surface area contributed by atoms with Crippen molar-refractivity contribution in [1.29, 1.82) is 0 Å². The standard InChI is InChI=1S/C13H17BrFNO/c14-11-4-10(5-12(15)6-11)7-13(8-16)2-1-3-17-9-13/h4-6H,1-3,7-9,16H2. The second-order valence-corrected chi connectivity index (χ2v) is 5.73. The molecule has 2 rings (SSSR count). The van der Waals surface area contributed by atoms with Crippen LogP contribution in [0.25, 0.3) is 0 Å². The molecule has 0 radical (unpaired) electrons. The third kappa shape index (κ3) is 3.27. The van der Waals surface area contributed by atoms with Gasteiger partial charge in [-0.15, -0.1) is 0 Å². The minimum absolute atomic E-state index is 0.0223. The van der Waals surface area contributed by atoms with E-state index in [2.05, 4.69) is 15.9 Å². The summed E-state index contributed by atoms with van der Waals surface area (Å²) >= 11 is 3.31. The van der Waals surface area contributed by atoms with E-state index >= 15 is 0 Å². The van der Waals surface area contributed by atoms with Crippen LogP contribution >= 0.6 is 15.9 Å². The Hall–Kier alpha value is -0.450. The zero-order valence-corrected chi connectivity index (χ0v) is 11.3. The Morgan fingerprint density at radius 3 is 2.82 bits per heavy atom. The van der Waals surface area contributed by atoms with Gasteiger partial charge in [0, 0.05) is 23.0 Å². The van der Waals surface area contributed by atoms with Gasteiger partial charge >= 0.3 is 0 Å². The van der Waals surface area contributed by atoms with Gasteiger partial charge in [-0.3, -0.25) is 0 Å². The first-order valence-corrected chi connectivity index (χ1v) is 6.66. The van der Waals surface area contributed by atoms with Gasteiger partial charge in [0.1, 0.15) is 5.82 Å². The van der Waals surface area contributed by atoms with Crippen LogP contribution in [0.5, 0.6) is 0 Å². The number of benzene rings is 1. The van der Waals surface area contributed by atoms with Crippen molar-refractivity contribution in [3.8, 4) is 0 Å². The number of hydrogen-bond acceptors (Lipinski definition) is 2. The van der Waals surface area contributed by atoms with Crippen molar-refractivity contribution in [3.05, 3.63) is 34.1 Å². The molecule has 2 nitrogen and oxygen atoms in total. The first-order valence-electron chi connectivity index (χ1n) is 5.86. The molecule has 1 heterocycles. The molecule has 1 aliphatic heterocycles. The van der Waals surface area contributed by atoms with Crippen molar-refractivity contribution >= 4 is 15.9 Å². The predicted molar refractivity (Wildman–Crippen MR) is 69.3 cm³/mol. The van der Waals surface area contributed by atoms with E-state index in [0.29, 0.717) is 13.2 Å². The lowest BCUT2D eigenvalue weighted by molar-refractivity contribution is -0.00267. The summed E-state index contributed by atoms with van der Waals surface area (Å²) in [5.41, 5.74) is 6.83. The molecule has 94 valence electrons. The second-order valence-electron chi connectivity index (χ2n) is 4.81. The van der Waals surface area contributed by atoms with Crippen molar-refractivity contribution in [1.82, 2.24) is 0 Å². The van der Waals surface area contributed by atoms with Gasteiger partial charge in [0.15, 0.2) is 0 Å². The highest BCUT2D eigenvalue weighted by Gasteiger charge is 2.31. The SMILES string of the molecule is NCC1(Cc2cc(F)cc(Br)c2)CCCOC1. The highest BCUT2D eigenvalue weighted by Crippen LogP contribution is 2.32. The lowest BCUT2D eigenvalue weighted by Crippen LogP contribution is -2.40. The van der Waals surface area contributed by atoms with Gasteiger partial charge in [0.05, 0.1) is 6.61 Å². The van der Waals surface area contributed by atoms with Crippen LogP contribution in [0.15, 0.2) is 22.7 Å². The molecule has 1 saturated heterocycles. The van der Waals surface area contributed by atoms with E-state index in [0.717, 1.165) is 35.9 Å². The summed E-state index contributed by atoms with van der Waals surface area (Å²) in [4.78, 5) is 0. The van der Waals surface area contributed by atoms with Crippen LogP contribution in [-0.2, 0) is 11.2 Å². The summed E-state index contributed by atoms with van der Waals surface area (Å²) < 4.78 is 19.6. The summed E-state index contributed by atoms with van der Waals surface area (Å²) in [7, 11) is 0. The van der Waals surface area contributed by atoms with Gasteiger partial charge in [-0.1, -0.05) is 15.9 Å². The predicted octanol–water partition coefficient (Wildman–Crippen LogP) is 2.89. The van der Waals surface area contributed by atoms with Crippen molar-refractivity contribution in [2.45, 2.75) is 19.3 Å². The van der Waals surface area contributed by atoms with E-state index in [1.54, 1.807) is 6.07 Å². The molecule has 0 aromatic heterocycles. The minimum Gasteiger partial charge on any atom is -0.381 e. The Labute approximate surface area is 109 Å². The quantitative estimate of drug-likeness (QED) is 0.932. The average molecular weight is 302 g/mol. The fourth-order valence-corrected chi connectivity index (χ4v) is 2.94. The molecule has 0 aliphatic carbocycles. The molecule has 17 heavy (non-hydrogen) atoms. The Kier molecular flexibility index (Phi) is 4.17. The van der Waals surface area contributed by atoms with E-state index in [1.165, 1.54) is 6.07 Å². The first-order chi connectivity index (χ1) is 8.13. The van der Waals surface area contributed by atoms with Crippen LogP contribution in [0.1, 0.15) is 18.4 Å². The van der Waals surface area contributed by atoms with Crippen molar-refractivity contribution in [2.24, 2.45) is 11.1 Å². The summed E-state index contributed by atoms with van der Waals surface area (Å²) in [5, 5.41) is 0. The highest BCUT2D eigenvalue weighted by atomic mass is 79.9. The molecular formula is C13H17BrFNO. The number of hydrogen-bond donors (Lipinski definition) is 1. The van der Waals surface area contributed by atoms with E-state index in [4.69, 9.17) is 10.5 Å². The smallest absolute Gasteiger partial charge is 0.124 e. The molecule has 1 aliphatic rings. The molecule has 0 saturated carbocycles. The number of halogens is 2. The third-order valence-corrected chi connectivity index (χ3v) is 3.80. The van der Waals surface area contributed by atoms with E-state index < -0.39 is 0 Å². The second kappa shape index (κ2) is 5.46. The normalized spacial score (nSPS) is 24.9. The molecule has 0 spiro atoms. The van der Waals surface area contributed by atoms with Gasteiger partial charge in [-0.25, -0.2) is 4.39 Å². The van der Waals surface area contributed by atoms with E-state index in [1.807, 2.05) is 6.07 Å². The molecule has 0 bridgehead atoms. The molecule has 4 heteroatoms. The van der Waals surface area contributed by atoms with Gasteiger partial charge in [-0.05, 0) is 43.0 Å². The highest BCUT2D eigenvalue weighted by molar-refractivity contribution is 9.10. The summed E-state index contributed by atoms with van der Waals surface area (Å²) in [6.45, 7) is 2.08. The number of rotatable bonds is 3. The Morgan fingerprint density at radius 1 is 1.41 bits per heavy atom. The van der Waals surface area contributed by atoms with Crippen LogP contribution in [0.3, 0.4) is 0 Å². The molecular weight excluding hydrogens is 285 g/mol.